The van der Waals surface area contributed by atoms with Crippen molar-refractivity contribution in [1.82, 2.24) is 0 Å². The van der Waals surface area contributed by atoms with Crippen LogP contribution in [0.15, 0.2) is 28.7 Å². The summed E-state index contributed by atoms with van der Waals surface area (Å²) >= 11 is 3.32. The molecule has 0 spiro atoms. The van der Waals surface area contributed by atoms with Gasteiger partial charge in [-0.25, -0.2) is 0 Å². The lowest BCUT2D eigenvalue weighted by Crippen LogP contribution is -2.34. The van der Waals surface area contributed by atoms with Crippen molar-refractivity contribution >= 4 is 33.5 Å². The Balaban J connectivity index is 2.30. The molecule has 2 atom stereocenters. The Labute approximate surface area is 107 Å². The molecule has 4 nitrogen and oxygen atoms in total. The fraction of sp³-hybridized carbons (Fsp3) is 0.333. The summed E-state index contributed by atoms with van der Waals surface area (Å²) in [5.74, 6) is -1.66. The molecule has 90 valence electrons. The van der Waals surface area contributed by atoms with Gasteiger partial charge in [0.1, 0.15) is 0 Å². The lowest BCUT2D eigenvalue weighted by atomic mass is 10.0. The maximum atomic E-state index is 11.8. The molecule has 1 saturated heterocycles. The van der Waals surface area contributed by atoms with E-state index in [4.69, 9.17) is 5.11 Å². The third kappa shape index (κ3) is 2.20. The van der Waals surface area contributed by atoms with E-state index in [0.29, 0.717) is 0 Å². The van der Waals surface area contributed by atoms with E-state index in [1.54, 1.807) is 11.8 Å². The molecule has 2 unspecified atom stereocenters. The van der Waals surface area contributed by atoms with Gasteiger partial charge in [-0.3, -0.25) is 9.59 Å². The van der Waals surface area contributed by atoms with Crippen molar-refractivity contribution in [1.29, 1.82) is 0 Å². The molecular formula is C12H12BrNO3. The van der Waals surface area contributed by atoms with Crippen molar-refractivity contribution in [2.45, 2.75) is 19.4 Å². The van der Waals surface area contributed by atoms with Gasteiger partial charge in [-0.15, -0.1) is 0 Å². The van der Waals surface area contributed by atoms with Gasteiger partial charge in [0.25, 0.3) is 0 Å². The third-order valence-electron chi connectivity index (χ3n) is 3.07. The quantitative estimate of drug-likeness (QED) is 0.911. The van der Waals surface area contributed by atoms with Crippen molar-refractivity contribution in [3.8, 4) is 0 Å². The molecule has 1 aromatic rings. The highest BCUT2D eigenvalue weighted by Gasteiger charge is 2.41. The van der Waals surface area contributed by atoms with Crippen LogP contribution in [0.2, 0.25) is 0 Å². The molecule has 5 heteroatoms. The summed E-state index contributed by atoms with van der Waals surface area (Å²) in [5, 5.41) is 9.02. The van der Waals surface area contributed by atoms with Crippen LogP contribution in [0.3, 0.4) is 0 Å². The van der Waals surface area contributed by atoms with Gasteiger partial charge >= 0.3 is 5.97 Å². The molecule has 1 aliphatic rings. The van der Waals surface area contributed by atoms with Crippen molar-refractivity contribution in [3.05, 3.63) is 28.7 Å². The van der Waals surface area contributed by atoms with E-state index in [-0.39, 0.29) is 18.4 Å². The first-order valence-corrected chi connectivity index (χ1v) is 6.10. The first-order chi connectivity index (χ1) is 8.00. The van der Waals surface area contributed by atoms with E-state index < -0.39 is 11.9 Å². The fourth-order valence-electron chi connectivity index (χ4n) is 2.14. The van der Waals surface area contributed by atoms with Crippen LogP contribution >= 0.6 is 15.9 Å². The van der Waals surface area contributed by atoms with Gasteiger partial charge in [0, 0.05) is 22.6 Å². The molecule has 0 bridgehead atoms. The van der Waals surface area contributed by atoms with Gasteiger partial charge in [0.2, 0.25) is 5.91 Å². The van der Waals surface area contributed by atoms with Gasteiger partial charge in [-0.2, -0.15) is 0 Å². The highest BCUT2D eigenvalue weighted by molar-refractivity contribution is 9.10. The lowest BCUT2D eigenvalue weighted by Gasteiger charge is -2.23. The predicted molar refractivity (Wildman–Crippen MR) is 66.8 cm³/mol. The molecular weight excluding hydrogens is 286 g/mol. The summed E-state index contributed by atoms with van der Waals surface area (Å²) in [4.78, 5) is 24.4. The maximum absolute atomic E-state index is 11.8. The maximum Gasteiger partial charge on any atom is 0.309 e. The van der Waals surface area contributed by atoms with Crippen molar-refractivity contribution in [2.24, 2.45) is 5.92 Å². The van der Waals surface area contributed by atoms with E-state index in [9.17, 15) is 9.59 Å². The molecule has 2 rings (SSSR count). The highest BCUT2D eigenvalue weighted by atomic mass is 79.9. The summed E-state index contributed by atoms with van der Waals surface area (Å²) < 4.78 is 0.926. The second-order valence-electron chi connectivity index (χ2n) is 4.13. The third-order valence-corrected chi connectivity index (χ3v) is 3.60. The molecule has 0 radical (unpaired) electrons. The molecule has 0 saturated carbocycles. The Hall–Kier alpha value is -1.36. The number of anilines is 1. The second-order valence-corrected chi connectivity index (χ2v) is 5.05. The van der Waals surface area contributed by atoms with Crippen LogP contribution in [-0.4, -0.2) is 23.0 Å². The van der Waals surface area contributed by atoms with Crippen molar-refractivity contribution in [3.63, 3.8) is 0 Å². The van der Waals surface area contributed by atoms with Crippen LogP contribution in [-0.2, 0) is 9.59 Å². The zero-order valence-electron chi connectivity index (χ0n) is 9.26. The normalized spacial score (nSPS) is 24.1. The van der Waals surface area contributed by atoms with Crippen LogP contribution < -0.4 is 4.90 Å². The van der Waals surface area contributed by atoms with Crippen LogP contribution in [0.5, 0.6) is 0 Å². The minimum atomic E-state index is -0.912. The number of halogens is 1. The summed E-state index contributed by atoms with van der Waals surface area (Å²) in [6.45, 7) is 1.77. The monoisotopic (exact) mass is 297 g/mol. The molecule has 1 aliphatic heterocycles. The largest absolute Gasteiger partial charge is 0.481 e. The van der Waals surface area contributed by atoms with Crippen molar-refractivity contribution in [2.75, 3.05) is 4.90 Å². The average molecular weight is 298 g/mol. The minimum absolute atomic E-state index is 0.0760. The fourth-order valence-corrected chi connectivity index (χ4v) is 2.40. The first kappa shape index (κ1) is 12.1. The van der Waals surface area contributed by atoms with Crippen LogP contribution in [0, 0.1) is 5.92 Å². The Morgan fingerprint density at radius 1 is 1.41 bits per heavy atom. The Bertz CT molecular complexity index is 457. The number of rotatable bonds is 2. The zero-order chi connectivity index (χ0) is 12.6. The molecule has 1 amide bonds. The SMILES string of the molecule is CC1C(C(=O)O)CC(=O)N1c1ccc(Br)cc1. The number of hydrogen-bond acceptors (Lipinski definition) is 2. The number of carboxylic acids is 1. The molecule has 1 heterocycles. The smallest absolute Gasteiger partial charge is 0.309 e. The topological polar surface area (TPSA) is 57.6 Å². The Kier molecular flexibility index (Phi) is 3.19. The number of carbonyl (C=O) groups is 2. The number of amides is 1. The zero-order valence-corrected chi connectivity index (χ0v) is 10.8. The molecule has 17 heavy (non-hydrogen) atoms. The van der Waals surface area contributed by atoms with Gasteiger partial charge in [0.15, 0.2) is 0 Å². The van der Waals surface area contributed by atoms with E-state index >= 15 is 0 Å². The number of carboxylic acid groups (broad SMARTS) is 1. The number of nitrogens with zero attached hydrogens (tertiary/aromatic N) is 1. The second kappa shape index (κ2) is 4.49. The Morgan fingerprint density at radius 2 is 2.00 bits per heavy atom. The van der Waals surface area contributed by atoms with Crippen LogP contribution in [0.4, 0.5) is 5.69 Å². The minimum Gasteiger partial charge on any atom is -0.481 e. The van der Waals surface area contributed by atoms with Gasteiger partial charge in [-0.05, 0) is 31.2 Å². The summed E-state index contributed by atoms with van der Waals surface area (Å²) in [7, 11) is 0. The molecule has 0 aromatic heterocycles. The molecule has 1 fully saturated rings. The lowest BCUT2D eigenvalue weighted by molar-refractivity contribution is -0.142. The van der Waals surface area contributed by atoms with Crippen molar-refractivity contribution < 1.29 is 14.7 Å². The van der Waals surface area contributed by atoms with Gasteiger partial charge < -0.3 is 10.0 Å². The highest BCUT2D eigenvalue weighted by Crippen LogP contribution is 2.31. The number of hydrogen-bond donors (Lipinski definition) is 1. The molecule has 1 aromatic carbocycles. The Morgan fingerprint density at radius 3 is 2.47 bits per heavy atom. The first-order valence-electron chi connectivity index (χ1n) is 5.31. The van der Waals surface area contributed by atoms with Gasteiger partial charge in [0.05, 0.1) is 5.92 Å². The number of carbonyl (C=O) groups excluding carboxylic acids is 1. The molecule has 1 N–H and O–H groups in total. The average Bonchev–Trinajstić information content (AvgIpc) is 2.56. The summed E-state index contributed by atoms with van der Waals surface area (Å²) in [5.41, 5.74) is 0.745. The van der Waals surface area contributed by atoms with E-state index in [1.165, 1.54) is 0 Å². The molecule has 0 aliphatic carbocycles. The van der Waals surface area contributed by atoms with E-state index in [2.05, 4.69) is 15.9 Å². The number of benzene rings is 1. The predicted octanol–water partition coefficient (Wildman–Crippen LogP) is 2.28. The number of aliphatic carboxylic acids is 1. The van der Waals surface area contributed by atoms with E-state index in [0.717, 1.165) is 10.2 Å². The van der Waals surface area contributed by atoms with Crippen LogP contribution in [0.25, 0.3) is 0 Å². The standard InChI is InChI=1S/C12H12BrNO3/c1-7-10(12(16)17)6-11(15)14(7)9-4-2-8(13)3-5-9/h2-5,7,10H,6H2,1H3,(H,16,17). The van der Waals surface area contributed by atoms with Gasteiger partial charge in [-0.1, -0.05) is 15.9 Å². The summed E-state index contributed by atoms with van der Waals surface area (Å²) in [6, 6.07) is 6.99. The summed E-state index contributed by atoms with van der Waals surface area (Å²) in [6.07, 6.45) is 0.0760. The van der Waals surface area contributed by atoms with Crippen LogP contribution in [0.1, 0.15) is 13.3 Å². The van der Waals surface area contributed by atoms with E-state index in [1.807, 2.05) is 24.3 Å².